The molecule has 1 heterocycles. The summed E-state index contributed by atoms with van der Waals surface area (Å²) in [4.78, 5) is 13.7. The largest absolute Gasteiger partial charge is 0.480 e. The highest BCUT2D eigenvalue weighted by Gasteiger charge is 2.33. The molecule has 0 radical (unpaired) electrons. The number of hydrogen-bond acceptors (Lipinski definition) is 2. The van der Waals surface area contributed by atoms with E-state index in [9.17, 15) is 9.90 Å². The van der Waals surface area contributed by atoms with Gasteiger partial charge in [-0.25, -0.2) is 0 Å². The summed E-state index contributed by atoms with van der Waals surface area (Å²) in [7, 11) is 0. The summed E-state index contributed by atoms with van der Waals surface area (Å²) in [5.41, 5.74) is 2.58. The molecule has 1 aromatic carbocycles. The Morgan fingerprint density at radius 3 is 2.55 bits per heavy atom. The normalized spacial score (nSPS) is 21.6. The molecule has 0 bridgehead atoms. The molecule has 2 atom stereocenters. The second-order valence-electron chi connectivity index (χ2n) is 5.61. The van der Waals surface area contributed by atoms with Crippen molar-refractivity contribution in [2.24, 2.45) is 0 Å². The number of aryl methyl sites for hydroxylation is 1. The quantitative estimate of drug-likeness (QED) is 0.892. The summed E-state index contributed by atoms with van der Waals surface area (Å²) >= 11 is 0. The summed E-state index contributed by atoms with van der Waals surface area (Å²) in [6.45, 7) is 5.19. The molecule has 3 nitrogen and oxygen atoms in total. The summed E-state index contributed by atoms with van der Waals surface area (Å²) in [5, 5.41) is 9.44. The molecule has 1 N–H and O–H groups in total. The highest BCUT2D eigenvalue weighted by molar-refractivity contribution is 5.73. The van der Waals surface area contributed by atoms with Gasteiger partial charge in [-0.2, -0.15) is 0 Å². The number of rotatable bonds is 5. The first-order chi connectivity index (χ1) is 9.67. The molecule has 0 saturated carbocycles. The molecular formula is C17H25NO2. The number of carboxylic acid groups (broad SMARTS) is 1. The molecular weight excluding hydrogens is 250 g/mol. The van der Waals surface area contributed by atoms with E-state index in [1.54, 1.807) is 0 Å². The zero-order chi connectivity index (χ0) is 14.5. The van der Waals surface area contributed by atoms with Crippen LogP contribution in [-0.2, 0) is 11.2 Å². The maximum Gasteiger partial charge on any atom is 0.320 e. The van der Waals surface area contributed by atoms with E-state index in [1.807, 2.05) is 0 Å². The molecule has 110 valence electrons. The second kappa shape index (κ2) is 6.89. The van der Waals surface area contributed by atoms with Gasteiger partial charge in [0.05, 0.1) is 0 Å². The van der Waals surface area contributed by atoms with Crippen LogP contribution in [0, 0.1) is 0 Å². The molecule has 2 rings (SSSR count). The predicted molar refractivity (Wildman–Crippen MR) is 80.8 cm³/mol. The molecule has 1 fully saturated rings. The lowest BCUT2D eigenvalue weighted by molar-refractivity contribution is -0.146. The van der Waals surface area contributed by atoms with Crippen molar-refractivity contribution in [3.8, 4) is 0 Å². The standard InChI is InChI=1S/C17H25NO2/c1-3-13-8-10-14(11-9-13)15(4-2)18-12-6-5-7-16(18)17(19)20/h8-11,15-16H,3-7,12H2,1-2H3,(H,19,20). The minimum Gasteiger partial charge on any atom is -0.480 e. The maximum absolute atomic E-state index is 11.5. The Morgan fingerprint density at radius 1 is 1.30 bits per heavy atom. The summed E-state index contributed by atoms with van der Waals surface area (Å²) in [5.74, 6) is -0.673. The monoisotopic (exact) mass is 275 g/mol. The average molecular weight is 275 g/mol. The average Bonchev–Trinajstić information content (AvgIpc) is 2.49. The van der Waals surface area contributed by atoms with Crippen LogP contribution in [0.5, 0.6) is 0 Å². The molecule has 0 aliphatic carbocycles. The predicted octanol–water partition coefficient (Wildman–Crippen LogP) is 3.64. The smallest absolute Gasteiger partial charge is 0.320 e. The minimum absolute atomic E-state index is 0.224. The number of aliphatic carboxylic acids is 1. The number of carboxylic acids is 1. The van der Waals surface area contributed by atoms with Gasteiger partial charge < -0.3 is 5.11 Å². The van der Waals surface area contributed by atoms with Crippen LogP contribution in [0.2, 0.25) is 0 Å². The summed E-state index contributed by atoms with van der Waals surface area (Å²) < 4.78 is 0. The van der Waals surface area contributed by atoms with Gasteiger partial charge in [-0.05, 0) is 43.4 Å². The third-order valence-corrected chi connectivity index (χ3v) is 4.39. The van der Waals surface area contributed by atoms with Crippen LogP contribution in [-0.4, -0.2) is 28.6 Å². The highest BCUT2D eigenvalue weighted by Crippen LogP contribution is 2.31. The lowest BCUT2D eigenvalue weighted by Gasteiger charge is -2.39. The van der Waals surface area contributed by atoms with Crippen molar-refractivity contribution < 1.29 is 9.90 Å². The Bertz CT molecular complexity index is 441. The van der Waals surface area contributed by atoms with Crippen molar-refractivity contribution in [1.29, 1.82) is 0 Å². The lowest BCUT2D eigenvalue weighted by Crippen LogP contribution is -2.46. The fraction of sp³-hybridized carbons (Fsp3) is 0.588. The summed E-state index contributed by atoms with van der Waals surface area (Å²) in [6, 6.07) is 8.57. The van der Waals surface area contributed by atoms with Crippen LogP contribution in [0.1, 0.15) is 56.7 Å². The molecule has 0 amide bonds. The van der Waals surface area contributed by atoms with Crippen LogP contribution < -0.4 is 0 Å². The molecule has 2 unspecified atom stereocenters. The van der Waals surface area contributed by atoms with E-state index in [-0.39, 0.29) is 12.1 Å². The van der Waals surface area contributed by atoms with Crippen LogP contribution in [0.3, 0.4) is 0 Å². The molecule has 1 aliphatic heterocycles. The van der Waals surface area contributed by atoms with Gasteiger partial charge in [-0.3, -0.25) is 9.69 Å². The van der Waals surface area contributed by atoms with Gasteiger partial charge >= 0.3 is 5.97 Å². The highest BCUT2D eigenvalue weighted by atomic mass is 16.4. The molecule has 0 aromatic heterocycles. The zero-order valence-electron chi connectivity index (χ0n) is 12.5. The number of hydrogen-bond donors (Lipinski definition) is 1. The van der Waals surface area contributed by atoms with E-state index in [4.69, 9.17) is 0 Å². The van der Waals surface area contributed by atoms with E-state index < -0.39 is 5.97 Å². The lowest BCUT2D eigenvalue weighted by atomic mass is 9.94. The molecule has 1 aromatic rings. The van der Waals surface area contributed by atoms with Crippen molar-refractivity contribution in [1.82, 2.24) is 4.90 Å². The number of carbonyl (C=O) groups is 1. The molecule has 1 saturated heterocycles. The number of likely N-dealkylation sites (tertiary alicyclic amines) is 1. The van der Waals surface area contributed by atoms with Crippen molar-refractivity contribution in [3.63, 3.8) is 0 Å². The van der Waals surface area contributed by atoms with E-state index in [1.165, 1.54) is 11.1 Å². The summed E-state index contributed by atoms with van der Waals surface area (Å²) in [6.07, 6.45) is 4.90. The topological polar surface area (TPSA) is 40.5 Å². The second-order valence-corrected chi connectivity index (χ2v) is 5.61. The van der Waals surface area contributed by atoms with E-state index in [0.29, 0.717) is 0 Å². The Morgan fingerprint density at radius 2 is 2.00 bits per heavy atom. The van der Waals surface area contributed by atoms with Crippen molar-refractivity contribution in [2.45, 2.75) is 58.0 Å². The van der Waals surface area contributed by atoms with Crippen LogP contribution in [0.25, 0.3) is 0 Å². The van der Waals surface area contributed by atoms with E-state index in [2.05, 4.69) is 43.0 Å². The van der Waals surface area contributed by atoms with Crippen molar-refractivity contribution in [3.05, 3.63) is 35.4 Å². The van der Waals surface area contributed by atoms with Crippen LogP contribution >= 0.6 is 0 Å². The number of benzene rings is 1. The molecule has 3 heteroatoms. The Balaban J connectivity index is 2.22. The van der Waals surface area contributed by atoms with Gasteiger partial charge in [0.25, 0.3) is 0 Å². The molecule has 1 aliphatic rings. The Labute approximate surface area is 121 Å². The number of piperidine rings is 1. The van der Waals surface area contributed by atoms with Gasteiger partial charge in [-0.15, -0.1) is 0 Å². The van der Waals surface area contributed by atoms with Gasteiger partial charge in [0, 0.05) is 6.04 Å². The molecule has 20 heavy (non-hydrogen) atoms. The van der Waals surface area contributed by atoms with Gasteiger partial charge in [0.2, 0.25) is 0 Å². The first-order valence-corrected chi connectivity index (χ1v) is 7.74. The Kier molecular flexibility index (Phi) is 5.18. The van der Waals surface area contributed by atoms with E-state index in [0.717, 1.165) is 38.6 Å². The van der Waals surface area contributed by atoms with E-state index >= 15 is 0 Å². The first kappa shape index (κ1) is 15.0. The fourth-order valence-electron chi connectivity index (χ4n) is 3.23. The fourth-order valence-corrected chi connectivity index (χ4v) is 3.23. The van der Waals surface area contributed by atoms with Crippen molar-refractivity contribution >= 4 is 5.97 Å². The SMILES string of the molecule is CCc1ccc(C(CC)N2CCCCC2C(=O)O)cc1. The van der Waals surface area contributed by atoms with Crippen LogP contribution in [0.15, 0.2) is 24.3 Å². The maximum atomic E-state index is 11.5. The van der Waals surface area contributed by atoms with Gasteiger partial charge in [0.1, 0.15) is 6.04 Å². The van der Waals surface area contributed by atoms with Gasteiger partial charge in [0.15, 0.2) is 0 Å². The number of nitrogens with zero attached hydrogens (tertiary/aromatic N) is 1. The third kappa shape index (κ3) is 3.21. The Hall–Kier alpha value is -1.35. The van der Waals surface area contributed by atoms with Gasteiger partial charge in [-0.1, -0.05) is 44.5 Å². The van der Waals surface area contributed by atoms with Crippen LogP contribution in [0.4, 0.5) is 0 Å². The van der Waals surface area contributed by atoms with Crippen molar-refractivity contribution in [2.75, 3.05) is 6.54 Å². The zero-order valence-corrected chi connectivity index (χ0v) is 12.5. The third-order valence-electron chi connectivity index (χ3n) is 4.39. The molecule has 0 spiro atoms. The first-order valence-electron chi connectivity index (χ1n) is 7.74. The minimum atomic E-state index is -0.673.